The number of aromatic nitrogens is 1. The second-order valence-corrected chi connectivity index (χ2v) is 4.90. The van der Waals surface area contributed by atoms with E-state index in [-0.39, 0.29) is 6.03 Å². The van der Waals surface area contributed by atoms with Crippen LogP contribution in [0.4, 0.5) is 10.5 Å². The third-order valence-corrected chi connectivity index (χ3v) is 3.58. The summed E-state index contributed by atoms with van der Waals surface area (Å²) in [5.41, 5.74) is 0.927. The summed E-state index contributed by atoms with van der Waals surface area (Å²) >= 11 is 0. The first-order valence-electron chi connectivity index (χ1n) is 6.68. The standard InChI is InChI=1S/C14H21N3O/c1-3-17(13-4-8-15-9-5-13)14(18)16-10-6-12(2)7-11-16/h4-5,8-9,12H,3,6-7,10-11H2,1-2H3. The monoisotopic (exact) mass is 247 g/mol. The van der Waals surface area contributed by atoms with Gasteiger partial charge in [0.05, 0.1) is 0 Å². The maximum Gasteiger partial charge on any atom is 0.324 e. The number of piperidine rings is 1. The number of anilines is 1. The Labute approximate surface area is 109 Å². The van der Waals surface area contributed by atoms with E-state index in [1.807, 2.05) is 28.9 Å². The van der Waals surface area contributed by atoms with E-state index in [1.165, 1.54) is 0 Å². The lowest BCUT2D eigenvalue weighted by molar-refractivity contribution is 0.180. The van der Waals surface area contributed by atoms with Crippen LogP contribution < -0.4 is 4.90 Å². The normalized spacial score (nSPS) is 16.7. The van der Waals surface area contributed by atoms with Crippen molar-refractivity contribution in [3.63, 3.8) is 0 Å². The minimum atomic E-state index is 0.121. The third-order valence-electron chi connectivity index (χ3n) is 3.58. The second-order valence-electron chi connectivity index (χ2n) is 4.90. The van der Waals surface area contributed by atoms with Gasteiger partial charge in [0, 0.05) is 37.7 Å². The fraction of sp³-hybridized carbons (Fsp3) is 0.571. The van der Waals surface area contributed by atoms with Crippen LogP contribution in [0.15, 0.2) is 24.5 Å². The van der Waals surface area contributed by atoms with Crippen LogP contribution in [0.1, 0.15) is 26.7 Å². The number of likely N-dealkylation sites (tertiary alicyclic amines) is 1. The molecule has 0 bridgehead atoms. The highest BCUT2D eigenvalue weighted by atomic mass is 16.2. The number of urea groups is 1. The molecular formula is C14H21N3O. The molecule has 2 rings (SSSR count). The molecule has 1 saturated heterocycles. The van der Waals surface area contributed by atoms with E-state index in [4.69, 9.17) is 0 Å². The first-order valence-corrected chi connectivity index (χ1v) is 6.68. The van der Waals surface area contributed by atoms with Crippen molar-refractivity contribution in [1.82, 2.24) is 9.88 Å². The second kappa shape index (κ2) is 5.85. The molecule has 1 aromatic heterocycles. The molecule has 1 aliphatic rings. The number of carbonyl (C=O) groups is 1. The summed E-state index contributed by atoms with van der Waals surface area (Å²) in [6.07, 6.45) is 5.67. The molecule has 0 radical (unpaired) electrons. The van der Waals surface area contributed by atoms with Crippen LogP contribution >= 0.6 is 0 Å². The van der Waals surface area contributed by atoms with Gasteiger partial charge in [-0.05, 0) is 37.8 Å². The minimum absolute atomic E-state index is 0.121. The highest BCUT2D eigenvalue weighted by molar-refractivity contribution is 5.91. The van der Waals surface area contributed by atoms with Crippen molar-refractivity contribution in [2.24, 2.45) is 5.92 Å². The van der Waals surface area contributed by atoms with E-state index in [0.29, 0.717) is 6.54 Å². The SMILES string of the molecule is CCN(C(=O)N1CCC(C)CC1)c1ccncc1. The van der Waals surface area contributed by atoms with Gasteiger partial charge in [0.2, 0.25) is 0 Å². The lowest BCUT2D eigenvalue weighted by Gasteiger charge is -2.34. The van der Waals surface area contributed by atoms with Crippen molar-refractivity contribution in [3.8, 4) is 0 Å². The number of nitrogens with zero attached hydrogens (tertiary/aromatic N) is 3. The molecule has 0 atom stereocenters. The number of amides is 2. The highest BCUT2D eigenvalue weighted by Crippen LogP contribution is 2.20. The van der Waals surface area contributed by atoms with Crippen LogP contribution in [0.3, 0.4) is 0 Å². The van der Waals surface area contributed by atoms with Crippen molar-refractivity contribution in [2.45, 2.75) is 26.7 Å². The van der Waals surface area contributed by atoms with Gasteiger partial charge >= 0.3 is 6.03 Å². The summed E-state index contributed by atoms with van der Waals surface area (Å²) in [4.78, 5) is 20.2. The van der Waals surface area contributed by atoms with E-state index in [9.17, 15) is 4.79 Å². The summed E-state index contributed by atoms with van der Waals surface area (Å²) in [5.74, 6) is 0.741. The first kappa shape index (κ1) is 12.9. The largest absolute Gasteiger partial charge is 0.324 e. The Morgan fingerprint density at radius 3 is 2.56 bits per heavy atom. The Bertz CT molecular complexity index is 385. The molecule has 2 heterocycles. The summed E-state index contributed by atoms with van der Waals surface area (Å²) in [6, 6.07) is 3.89. The zero-order chi connectivity index (χ0) is 13.0. The van der Waals surface area contributed by atoms with Crippen LogP contribution in [0, 0.1) is 5.92 Å². The summed E-state index contributed by atoms with van der Waals surface area (Å²) in [7, 11) is 0. The highest BCUT2D eigenvalue weighted by Gasteiger charge is 2.24. The molecule has 0 spiro atoms. The van der Waals surface area contributed by atoms with Gasteiger partial charge in [-0.15, -0.1) is 0 Å². The molecule has 1 aliphatic heterocycles. The predicted octanol–water partition coefficient (Wildman–Crippen LogP) is 2.76. The molecule has 18 heavy (non-hydrogen) atoms. The zero-order valence-electron chi connectivity index (χ0n) is 11.2. The maximum absolute atomic E-state index is 12.5. The van der Waals surface area contributed by atoms with Gasteiger partial charge in [-0.3, -0.25) is 9.88 Å². The lowest BCUT2D eigenvalue weighted by Crippen LogP contribution is -2.46. The van der Waals surface area contributed by atoms with Crippen LogP contribution in [0.25, 0.3) is 0 Å². The van der Waals surface area contributed by atoms with Crippen molar-refractivity contribution < 1.29 is 4.79 Å². The Hall–Kier alpha value is -1.58. The lowest BCUT2D eigenvalue weighted by atomic mass is 9.99. The number of pyridine rings is 1. The molecule has 0 aliphatic carbocycles. The number of hydrogen-bond donors (Lipinski definition) is 0. The van der Waals surface area contributed by atoms with Gasteiger partial charge in [0.15, 0.2) is 0 Å². The van der Waals surface area contributed by atoms with Crippen molar-refractivity contribution in [3.05, 3.63) is 24.5 Å². The van der Waals surface area contributed by atoms with E-state index in [2.05, 4.69) is 11.9 Å². The van der Waals surface area contributed by atoms with Crippen molar-refractivity contribution in [2.75, 3.05) is 24.5 Å². The van der Waals surface area contributed by atoms with Crippen molar-refractivity contribution >= 4 is 11.7 Å². The third kappa shape index (κ3) is 2.81. The molecule has 1 aromatic rings. The Morgan fingerprint density at radius 1 is 1.39 bits per heavy atom. The minimum Gasteiger partial charge on any atom is -0.324 e. The Morgan fingerprint density at radius 2 is 2.00 bits per heavy atom. The Kier molecular flexibility index (Phi) is 4.18. The van der Waals surface area contributed by atoms with Crippen LogP contribution in [0.5, 0.6) is 0 Å². The van der Waals surface area contributed by atoms with Gasteiger partial charge in [0.1, 0.15) is 0 Å². The van der Waals surface area contributed by atoms with E-state index < -0.39 is 0 Å². The van der Waals surface area contributed by atoms with E-state index in [1.54, 1.807) is 12.4 Å². The van der Waals surface area contributed by atoms with Crippen molar-refractivity contribution in [1.29, 1.82) is 0 Å². The van der Waals surface area contributed by atoms with Crippen LogP contribution in [0.2, 0.25) is 0 Å². The van der Waals surface area contributed by atoms with E-state index >= 15 is 0 Å². The average Bonchev–Trinajstić information content (AvgIpc) is 2.41. The van der Waals surface area contributed by atoms with Gasteiger partial charge in [-0.1, -0.05) is 6.92 Å². The first-order chi connectivity index (χ1) is 8.72. The fourth-order valence-electron chi connectivity index (χ4n) is 2.32. The number of hydrogen-bond acceptors (Lipinski definition) is 2. The van der Waals surface area contributed by atoms with E-state index in [0.717, 1.165) is 37.5 Å². The maximum atomic E-state index is 12.5. The molecule has 0 unspecified atom stereocenters. The molecule has 2 amide bonds. The molecule has 1 fully saturated rings. The smallest absolute Gasteiger partial charge is 0.324 e. The number of rotatable bonds is 2. The fourth-order valence-corrected chi connectivity index (χ4v) is 2.32. The topological polar surface area (TPSA) is 36.4 Å². The van der Waals surface area contributed by atoms with Gasteiger partial charge in [-0.25, -0.2) is 4.79 Å². The molecule has 0 aromatic carbocycles. The average molecular weight is 247 g/mol. The molecule has 0 saturated carbocycles. The summed E-state index contributed by atoms with van der Waals surface area (Å²) < 4.78 is 0. The van der Waals surface area contributed by atoms with Gasteiger partial charge in [0.25, 0.3) is 0 Å². The summed E-state index contributed by atoms with van der Waals surface area (Å²) in [5, 5.41) is 0. The van der Waals surface area contributed by atoms with Gasteiger partial charge < -0.3 is 4.90 Å². The number of carbonyl (C=O) groups excluding carboxylic acids is 1. The van der Waals surface area contributed by atoms with Crippen LogP contribution in [-0.4, -0.2) is 35.5 Å². The van der Waals surface area contributed by atoms with Crippen LogP contribution in [-0.2, 0) is 0 Å². The molecule has 4 heteroatoms. The molecular weight excluding hydrogens is 226 g/mol. The quantitative estimate of drug-likeness (QED) is 0.805. The predicted molar refractivity (Wildman–Crippen MR) is 72.6 cm³/mol. The molecule has 98 valence electrons. The molecule has 0 N–H and O–H groups in total. The zero-order valence-corrected chi connectivity index (χ0v) is 11.2. The Balaban J connectivity index is 2.06. The van der Waals surface area contributed by atoms with Gasteiger partial charge in [-0.2, -0.15) is 0 Å². The summed E-state index contributed by atoms with van der Waals surface area (Å²) in [6.45, 7) is 6.70. The molecule has 4 nitrogen and oxygen atoms in total.